The lowest BCUT2D eigenvalue weighted by atomic mass is 10.2. The van der Waals surface area contributed by atoms with Crippen LogP contribution >= 0.6 is 11.8 Å². The molecule has 1 aromatic carbocycles. The summed E-state index contributed by atoms with van der Waals surface area (Å²) < 4.78 is 6.74. The highest BCUT2D eigenvalue weighted by atomic mass is 32.2. The number of hydrogen-bond donors (Lipinski definition) is 2. The summed E-state index contributed by atoms with van der Waals surface area (Å²) >= 11 is 1.14. The number of thioether (sulfide) groups is 1. The number of amides is 2. The molecule has 1 atom stereocenters. The van der Waals surface area contributed by atoms with E-state index >= 15 is 0 Å². The maximum absolute atomic E-state index is 12.5. The summed E-state index contributed by atoms with van der Waals surface area (Å²) in [5.41, 5.74) is 0.0696. The van der Waals surface area contributed by atoms with Gasteiger partial charge in [0.05, 0.1) is 11.9 Å². The summed E-state index contributed by atoms with van der Waals surface area (Å²) in [5.74, 6) is -0.548. The highest BCUT2D eigenvalue weighted by Gasteiger charge is 2.18. The third-order valence-electron chi connectivity index (χ3n) is 4.29. The van der Waals surface area contributed by atoms with Crippen molar-refractivity contribution in [1.82, 2.24) is 14.9 Å². The molecule has 2 amide bonds. The first kappa shape index (κ1) is 20.1. The van der Waals surface area contributed by atoms with Gasteiger partial charge in [0.2, 0.25) is 5.91 Å². The van der Waals surface area contributed by atoms with Crippen molar-refractivity contribution < 1.29 is 14.3 Å². The average molecular weight is 402 g/mol. The van der Waals surface area contributed by atoms with Gasteiger partial charge >= 0.3 is 0 Å². The SMILES string of the molecule is Cn1c(SCC(=O)NC[C@@H]2CCCO2)ncc(C(=O)Nc2ccccc2)c1=O. The van der Waals surface area contributed by atoms with Crippen LogP contribution in [0.2, 0.25) is 0 Å². The molecule has 0 spiro atoms. The number of rotatable bonds is 7. The van der Waals surface area contributed by atoms with Gasteiger partial charge in [-0.15, -0.1) is 0 Å². The van der Waals surface area contributed by atoms with Gasteiger partial charge in [-0.3, -0.25) is 19.0 Å². The van der Waals surface area contributed by atoms with Crippen molar-refractivity contribution in [1.29, 1.82) is 0 Å². The molecule has 0 saturated carbocycles. The van der Waals surface area contributed by atoms with Gasteiger partial charge in [-0.25, -0.2) is 4.98 Å². The van der Waals surface area contributed by atoms with Crippen LogP contribution in [-0.2, 0) is 16.6 Å². The molecule has 1 aromatic heterocycles. The minimum absolute atomic E-state index is 0.0569. The van der Waals surface area contributed by atoms with E-state index < -0.39 is 11.5 Å². The summed E-state index contributed by atoms with van der Waals surface area (Å²) in [6, 6.07) is 8.87. The Morgan fingerprint density at radius 2 is 2.11 bits per heavy atom. The van der Waals surface area contributed by atoms with Crippen molar-refractivity contribution in [2.45, 2.75) is 24.1 Å². The summed E-state index contributed by atoms with van der Waals surface area (Å²) in [5, 5.41) is 5.86. The fourth-order valence-electron chi connectivity index (χ4n) is 2.75. The molecule has 2 heterocycles. The Labute approximate surface area is 166 Å². The van der Waals surface area contributed by atoms with E-state index in [1.807, 2.05) is 6.07 Å². The maximum atomic E-state index is 12.5. The van der Waals surface area contributed by atoms with Crippen molar-refractivity contribution in [3.8, 4) is 0 Å². The predicted molar refractivity (Wildman–Crippen MR) is 107 cm³/mol. The Hall–Kier alpha value is -2.65. The first-order valence-electron chi connectivity index (χ1n) is 8.98. The quantitative estimate of drug-likeness (QED) is 0.536. The zero-order valence-electron chi connectivity index (χ0n) is 15.5. The molecule has 28 heavy (non-hydrogen) atoms. The monoisotopic (exact) mass is 402 g/mol. The van der Waals surface area contributed by atoms with Gasteiger partial charge in [0.15, 0.2) is 5.16 Å². The Kier molecular flexibility index (Phi) is 6.83. The molecule has 148 valence electrons. The lowest BCUT2D eigenvalue weighted by Crippen LogP contribution is -2.33. The van der Waals surface area contributed by atoms with E-state index in [1.165, 1.54) is 17.8 Å². The molecule has 0 aliphatic carbocycles. The second-order valence-corrected chi connectivity index (χ2v) is 7.31. The summed E-state index contributed by atoms with van der Waals surface area (Å²) in [7, 11) is 1.53. The number of para-hydroxylation sites is 1. The molecule has 0 radical (unpaired) electrons. The van der Waals surface area contributed by atoms with E-state index in [0.29, 0.717) is 17.4 Å². The number of hydrogen-bond acceptors (Lipinski definition) is 6. The zero-order valence-corrected chi connectivity index (χ0v) is 16.3. The van der Waals surface area contributed by atoms with Gasteiger partial charge in [-0.2, -0.15) is 0 Å². The summed E-state index contributed by atoms with van der Waals surface area (Å²) in [6.07, 6.45) is 3.30. The van der Waals surface area contributed by atoms with E-state index in [1.54, 1.807) is 24.3 Å². The summed E-state index contributed by atoms with van der Waals surface area (Å²) in [4.78, 5) is 41.0. The number of carbonyl (C=O) groups excluding carboxylic acids is 2. The Morgan fingerprint density at radius 3 is 2.82 bits per heavy atom. The van der Waals surface area contributed by atoms with Crippen LogP contribution in [0.5, 0.6) is 0 Å². The van der Waals surface area contributed by atoms with E-state index in [2.05, 4.69) is 15.6 Å². The molecule has 0 unspecified atom stereocenters. The van der Waals surface area contributed by atoms with Gasteiger partial charge in [-0.1, -0.05) is 30.0 Å². The van der Waals surface area contributed by atoms with E-state index in [-0.39, 0.29) is 23.3 Å². The minimum Gasteiger partial charge on any atom is -0.376 e. The molecular formula is C19H22N4O4S. The smallest absolute Gasteiger partial charge is 0.266 e. The molecule has 3 rings (SSSR count). The second kappa shape index (κ2) is 9.52. The lowest BCUT2D eigenvalue weighted by molar-refractivity contribution is -0.119. The van der Waals surface area contributed by atoms with Crippen LogP contribution in [0.15, 0.2) is 46.5 Å². The van der Waals surface area contributed by atoms with Crippen molar-refractivity contribution in [2.75, 3.05) is 24.2 Å². The van der Waals surface area contributed by atoms with Crippen LogP contribution in [0, 0.1) is 0 Å². The van der Waals surface area contributed by atoms with Crippen molar-refractivity contribution >= 4 is 29.3 Å². The van der Waals surface area contributed by atoms with Crippen LogP contribution in [0.1, 0.15) is 23.2 Å². The van der Waals surface area contributed by atoms with Crippen LogP contribution in [-0.4, -0.2) is 46.4 Å². The molecule has 9 heteroatoms. The average Bonchev–Trinajstić information content (AvgIpc) is 3.22. The first-order valence-corrected chi connectivity index (χ1v) is 9.96. The number of ether oxygens (including phenoxy) is 1. The second-order valence-electron chi connectivity index (χ2n) is 6.37. The molecule has 8 nitrogen and oxygen atoms in total. The van der Waals surface area contributed by atoms with Gasteiger partial charge in [0.25, 0.3) is 11.5 Å². The molecule has 2 N–H and O–H groups in total. The first-order chi connectivity index (χ1) is 13.5. The molecule has 0 bridgehead atoms. The van der Waals surface area contributed by atoms with Crippen LogP contribution in [0.4, 0.5) is 5.69 Å². The lowest BCUT2D eigenvalue weighted by Gasteiger charge is -2.11. The Morgan fingerprint density at radius 1 is 1.32 bits per heavy atom. The molecule has 1 aliphatic heterocycles. The fourth-order valence-corrected chi connectivity index (χ4v) is 3.52. The predicted octanol–water partition coefficient (Wildman–Crippen LogP) is 1.42. The van der Waals surface area contributed by atoms with Crippen LogP contribution < -0.4 is 16.2 Å². The Balaban J connectivity index is 1.57. The number of carbonyl (C=O) groups is 2. The van der Waals surface area contributed by atoms with Gasteiger partial charge < -0.3 is 15.4 Å². The van der Waals surface area contributed by atoms with E-state index in [9.17, 15) is 14.4 Å². The number of nitrogens with one attached hydrogen (secondary N) is 2. The van der Waals surface area contributed by atoms with E-state index in [0.717, 1.165) is 31.2 Å². The third kappa shape index (κ3) is 5.20. The molecule has 1 saturated heterocycles. The topological polar surface area (TPSA) is 102 Å². The third-order valence-corrected chi connectivity index (χ3v) is 5.33. The number of aromatic nitrogens is 2. The van der Waals surface area contributed by atoms with Gasteiger partial charge in [0, 0.05) is 32.1 Å². The van der Waals surface area contributed by atoms with Crippen LogP contribution in [0.3, 0.4) is 0 Å². The van der Waals surface area contributed by atoms with Crippen molar-refractivity contribution in [3.05, 3.63) is 52.4 Å². The highest BCUT2D eigenvalue weighted by molar-refractivity contribution is 7.99. The molecule has 1 fully saturated rings. The standard InChI is InChI=1S/C19H22N4O4S/c1-23-18(26)15(17(25)22-13-6-3-2-4-7-13)11-21-19(23)28-12-16(24)20-10-14-8-5-9-27-14/h2-4,6-7,11,14H,5,8-10,12H2,1H3,(H,20,24)(H,22,25)/t14-/m0/s1. The fraction of sp³-hybridized carbons (Fsp3) is 0.368. The maximum Gasteiger partial charge on any atom is 0.266 e. The van der Waals surface area contributed by atoms with Gasteiger partial charge in [-0.05, 0) is 25.0 Å². The van der Waals surface area contributed by atoms with Gasteiger partial charge in [0.1, 0.15) is 5.56 Å². The van der Waals surface area contributed by atoms with Crippen molar-refractivity contribution in [2.24, 2.45) is 7.05 Å². The minimum atomic E-state index is -0.523. The largest absolute Gasteiger partial charge is 0.376 e. The van der Waals surface area contributed by atoms with Crippen LogP contribution in [0.25, 0.3) is 0 Å². The number of nitrogens with zero attached hydrogens (tertiary/aromatic N) is 2. The molecule has 1 aliphatic rings. The molecular weight excluding hydrogens is 380 g/mol. The van der Waals surface area contributed by atoms with E-state index in [4.69, 9.17) is 4.74 Å². The zero-order chi connectivity index (χ0) is 19.9. The summed E-state index contributed by atoms with van der Waals surface area (Å²) in [6.45, 7) is 1.23. The number of anilines is 1. The normalized spacial score (nSPS) is 16.0. The van der Waals surface area contributed by atoms with Crippen molar-refractivity contribution in [3.63, 3.8) is 0 Å². The Bertz CT molecular complexity index is 895. The number of benzene rings is 1. The molecule has 2 aromatic rings. The highest BCUT2D eigenvalue weighted by Crippen LogP contribution is 2.14.